The lowest BCUT2D eigenvalue weighted by atomic mass is 10.0. The van der Waals surface area contributed by atoms with E-state index in [9.17, 15) is 27.6 Å². The largest absolute Gasteiger partial charge is 0.456 e. The molecule has 0 spiro atoms. The monoisotopic (exact) mass is 442 g/mol. The summed E-state index contributed by atoms with van der Waals surface area (Å²) in [6.45, 7) is 4.90. The number of carbonyl (C=O) groups excluding carboxylic acids is 3. The van der Waals surface area contributed by atoms with E-state index >= 15 is 0 Å². The van der Waals surface area contributed by atoms with Crippen molar-refractivity contribution in [2.75, 3.05) is 0 Å². The second-order valence-electron chi connectivity index (χ2n) is 6.80. The van der Waals surface area contributed by atoms with Crippen molar-refractivity contribution >= 4 is 17.9 Å². The van der Waals surface area contributed by atoms with Gasteiger partial charge < -0.3 is 18.9 Å². The van der Waals surface area contributed by atoms with Gasteiger partial charge in [-0.2, -0.15) is 13.2 Å². The molecule has 0 N–H and O–H groups in total. The predicted octanol–water partition coefficient (Wildman–Crippen LogP) is 2.64. The third-order valence-electron chi connectivity index (χ3n) is 4.26. The number of hydrogen-bond acceptors (Lipinski definition) is 7. The van der Waals surface area contributed by atoms with Gasteiger partial charge in [0.05, 0.1) is 11.7 Å². The summed E-state index contributed by atoms with van der Waals surface area (Å²) in [5, 5.41) is 0. The number of ether oxygens (including phenoxy) is 4. The van der Waals surface area contributed by atoms with Gasteiger partial charge >= 0.3 is 24.1 Å². The van der Waals surface area contributed by atoms with Crippen molar-refractivity contribution in [1.82, 2.24) is 0 Å². The topological polar surface area (TPSA) is 88.1 Å². The van der Waals surface area contributed by atoms with Gasteiger partial charge in [-0.15, -0.1) is 0 Å². The van der Waals surface area contributed by atoms with Crippen LogP contribution in [0.4, 0.5) is 13.2 Å². The molecule has 5 atom stereocenters. The lowest BCUT2D eigenvalue weighted by molar-refractivity contribution is -0.167. The fourth-order valence-corrected chi connectivity index (χ4v) is 3.13. The number of esters is 3. The molecule has 1 heterocycles. The van der Waals surface area contributed by atoms with E-state index in [2.05, 4.69) is 11.8 Å². The Morgan fingerprint density at radius 2 is 1.58 bits per heavy atom. The van der Waals surface area contributed by atoms with Crippen molar-refractivity contribution in [2.45, 2.75) is 64.4 Å². The smallest absolute Gasteiger partial charge is 0.417 e. The zero-order valence-electron chi connectivity index (χ0n) is 17.2. The highest BCUT2D eigenvalue weighted by molar-refractivity contribution is 5.68. The van der Waals surface area contributed by atoms with E-state index < -0.39 is 60.2 Å². The molecular formula is C21H21F3O7. The fourth-order valence-electron chi connectivity index (χ4n) is 3.13. The van der Waals surface area contributed by atoms with Gasteiger partial charge in [0, 0.05) is 26.3 Å². The molecule has 31 heavy (non-hydrogen) atoms. The summed E-state index contributed by atoms with van der Waals surface area (Å²) in [7, 11) is 0. The summed E-state index contributed by atoms with van der Waals surface area (Å²) < 4.78 is 60.9. The molecular weight excluding hydrogens is 421 g/mol. The summed E-state index contributed by atoms with van der Waals surface area (Å²) in [5.74, 6) is 2.68. The van der Waals surface area contributed by atoms with E-state index in [1.54, 1.807) is 6.92 Å². The lowest BCUT2D eigenvalue weighted by Crippen LogP contribution is -2.44. The highest BCUT2D eigenvalue weighted by Gasteiger charge is 2.51. The highest BCUT2D eigenvalue weighted by atomic mass is 19.4. The van der Waals surface area contributed by atoms with E-state index in [0.717, 1.165) is 26.8 Å². The van der Waals surface area contributed by atoms with Crippen LogP contribution in [0.1, 0.15) is 38.8 Å². The molecule has 1 aromatic rings. The van der Waals surface area contributed by atoms with Crippen molar-refractivity contribution in [1.29, 1.82) is 0 Å². The van der Waals surface area contributed by atoms with Gasteiger partial charge in [0.1, 0.15) is 6.10 Å². The van der Waals surface area contributed by atoms with Crippen LogP contribution in [0.3, 0.4) is 0 Å². The number of benzene rings is 1. The number of alkyl halides is 3. The van der Waals surface area contributed by atoms with Gasteiger partial charge in [0.25, 0.3) is 0 Å². The Balaban J connectivity index is 2.45. The molecule has 1 unspecified atom stereocenters. The fraction of sp³-hybridized carbons (Fsp3) is 0.476. The minimum atomic E-state index is -4.64. The minimum absolute atomic E-state index is 0.334. The first kappa shape index (κ1) is 24.2. The Hall–Kier alpha value is -3.06. The van der Waals surface area contributed by atoms with Crippen LogP contribution in [-0.2, 0) is 39.5 Å². The Morgan fingerprint density at radius 1 is 1.00 bits per heavy atom. The van der Waals surface area contributed by atoms with Crippen molar-refractivity contribution in [3.63, 3.8) is 0 Å². The molecule has 2 rings (SSSR count). The Morgan fingerprint density at radius 3 is 2.13 bits per heavy atom. The normalized spacial score (nSPS) is 23.8. The third-order valence-corrected chi connectivity index (χ3v) is 4.26. The SMILES string of the molecule is CC(=O)OC(C#Cc1ccccc1C(F)(F)F)[C@H]1O[C@@H](C)[C@H](OC(C)=O)[C@@H]1OC(C)=O. The zero-order chi connectivity index (χ0) is 23.3. The maximum Gasteiger partial charge on any atom is 0.417 e. The maximum absolute atomic E-state index is 13.2. The van der Waals surface area contributed by atoms with E-state index in [0.29, 0.717) is 0 Å². The Labute approximate surface area is 176 Å². The van der Waals surface area contributed by atoms with Crippen LogP contribution < -0.4 is 0 Å². The lowest BCUT2D eigenvalue weighted by Gasteiger charge is -2.25. The molecule has 1 aromatic carbocycles. The first-order valence-corrected chi connectivity index (χ1v) is 9.25. The third kappa shape index (κ3) is 6.46. The standard InChI is InChI=1S/C21H21F3O7/c1-11-18(30-13(3)26)20(31-14(4)27)19(28-11)17(29-12(2)25)10-9-15-7-5-6-8-16(15)21(22,23)24/h5-8,11,17-20H,1-4H3/t11-,17?,18-,19+,20-/m0/s1. The number of carbonyl (C=O) groups is 3. The zero-order valence-corrected chi connectivity index (χ0v) is 17.2. The molecule has 0 amide bonds. The van der Waals surface area contributed by atoms with E-state index in [1.807, 2.05) is 0 Å². The number of rotatable bonds is 4. The average Bonchev–Trinajstić information content (AvgIpc) is 2.92. The summed E-state index contributed by atoms with van der Waals surface area (Å²) >= 11 is 0. The van der Waals surface area contributed by atoms with Crippen LogP contribution in [0, 0.1) is 11.8 Å². The molecule has 0 aliphatic carbocycles. The molecule has 1 aliphatic rings. The molecule has 0 saturated carbocycles. The predicted molar refractivity (Wildman–Crippen MR) is 99.3 cm³/mol. The number of halogens is 3. The molecule has 0 radical (unpaired) electrons. The van der Waals surface area contributed by atoms with Gasteiger partial charge in [-0.3, -0.25) is 14.4 Å². The summed E-state index contributed by atoms with van der Waals surface area (Å²) in [6.07, 6.45) is -10.2. The van der Waals surface area contributed by atoms with E-state index in [4.69, 9.17) is 18.9 Å². The first-order valence-electron chi connectivity index (χ1n) is 9.25. The summed E-state index contributed by atoms with van der Waals surface area (Å²) in [6, 6.07) is 4.65. The van der Waals surface area contributed by atoms with Crippen LogP contribution >= 0.6 is 0 Å². The van der Waals surface area contributed by atoms with Crippen LogP contribution in [-0.4, -0.2) is 48.4 Å². The molecule has 0 bridgehead atoms. The summed E-state index contributed by atoms with van der Waals surface area (Å²) in [5.41, 5.74) is -1.29. The molecule has 168 valence electrons. The van der Waals surface area contributed by atoms with Gasteiger partial charge in [-0.25, -0.2) is 0 Å². The van der Waals surface area contributed by atoms with Crippen molar-refractivity contribution in [3.05, 3.63) is 35.4 Å². The minimum Gasteiger partial charge on any atom is -0.456 e. The molecule has 7 nitrogen and oxygen atoms in total. The van der Waals surface area contributed by atoms with Gasteiger partial charge in [0.2, 0.25) is 0 Å². The molecule has 1 aliphatic heterocycles. The van der Waals surface area contributed by atoms with Gasteiger partial charge in [-0.1, -0.05) is 24.0 Å². The van der Waals surface area contributed by atoms with Gasteiger partial charge in [0.15, 0.2) is 18.3 Å². The second kappa shape index (κ2) is 9.83. The summed E-state index contributed by atoms with van der Waals surface area (Å²) in [4.78, 5) is 34.6. The first-order chi connectivity index (χ1) is 14.4. The molecule has 0 aromatic heterocycles. The van der Waals surface area contributed by atoms with Gasteiger partial charge in [-0.05, 0) is 19.1 Å². The Bertz CT molecular complexity index is 900. The van der Waals surface area contributed by atoms with E-state index in [-0.39, 0.29) is 5.56 Å². The number of hydrogen-bond donors (Lipinski definition) is 0. The Kier molecular flexibility index (Phi) is 7.68. The molecule has 1 fully saturated rings. The molecule has 1 saturated heterocycles. The van der Waals surface area contributed by atoms with Crippen molar-refractivity contribution in [3.8, 4) is 11.8 Å². The van der Waals surface area contributed by atoms with Crippen molar-refractivity contribution < 1.29 is 46.5 Å². The van der Waals surface area contributed by atoms with Crippen LogP contribution in [0.15, 0.2) is 24.3 Å². The van der Waals surface area contributed by atoms with E-state index in [1.165, 1.54) is 18.2 Å². The average molecular weight is 442 g/mol. The second-order valence-corrected chi connectivity index (χ2v) is 6.80. The van der Waals surface area contributed by atoms with Crippen LogP contribution in [0.5, 0.6) is 0 Å². The van der Waals surface area contributed by atoms with Crippen LogP contribution in [0.25, 0.3) is 0 Å². The quantitative estimate of drug-likeness (QED) is 0.402. The highest BCUT2D eigenvalue weighted by Crippen LogP contribution is 2.32. The maximum atomic E-state index is 13.2. The molecule has 10 heteroatoms. The van der Waals surface area contributed by atoms with Crippen LogP contribution in [0.2, 0.25) is 0 Å². The van der Waals surface area contributed by atoms with Crippen molar-refractivity contribution in [2.24, 2.45) is 0 Å².